The van der Waals surface area contributed by atoms with Crippen LogP contribution in [0.1, 0.15) is 31.1 Å². The number of hydrogen-bond acceptors (Lipinski definition) is 2. The van der Waals surface area contributed by atoms with Crippen LogP contribution in [0.25, 0.3) is 0 Å². The molecule has 5 nitrogen and oxygen atoms in total. The van der Waals surface area contributed by atoms with E-state index in [0.29, 0.717) is 11.3 Å². The Morgan fingerprint density at radius 3 is 2.21 bits per heavy atom. The molecule has 1 rings (SSSR count). The number of nitrogens with two attached hydrogens (primary N) is 1. The van der Waals surface area contributed by atoms with Gasteiger partial charge in [0.15, 0.2) is 0 Å². The van der Waals surface area contributed by atoms with E-state index in [4.69, 9.17) is 5.73 Å². The van der Waals surface area contributed by atoms with E-state index in [9.17, 15) is 9.59 Å². The van der Waals surface area contributed by atoms with E-state index in [-0.39, 0.29) is 11.4 Å². The minimum Gasteiger partial charge on any atom is -0.366 e. The Balaban J connectivity index is 2.53. The molecule has 0 unspecified atom stereocenters. The highest BCUT2D eigenvalue weighted by atomic mass is 16.2. The summed E-state index contributed by atoms with van der Waals surface area (Å²) >= 11 is 0. The summed E-state index contributed by atoms with van der Waals surface area (Å²) in [5.74, 6) is -0.496. The highest BCUT2D eigenvalue weighted by Gasteiger charge is 2.05. The number of nitrogens with one attached hydrogen (secondary N) is 2. The van der Waals surface area contributed by atoms with E-state index in [2.05, 4.69) is 10.6 Å². The van der Waals surface area contributed by atoms with Gasteiger partial charge in [0, 0.05) is 17.5 Å². The van der Waals surface area contributed by atoms with E-state index in [1.54, 1.807) is 30.5 Å². The Morgan fingerprint density at radius 1 is 1.16 bits per heavy atom. The number of rotatable bonds is 3. The molecule has 0 aliphatic carbocycles. The van der Waals surface area contributed by atoms with Gasteiger partial charge in [-0.25, -0.2) is 4.79 Å². The molecule has 5 heteroatoms. The van der Waals surface area contributed by atoms with Crippen LogP contribution in [0.5, 0.6) is 0 Å². The summed E-state index contributed by atoms with van der Waals surface area (Å²) in [6, 6.07) is 6.01. The number of amides is 3. The summed E-state index contributed by atoms with van der Waals surface area (Å²) < 4.78 is 0. The van der Waals surface area contributed by atoms with Gasteiger partial charge in [-0.15, -0.1) is 0 Å². The Morgan fingerprint density at radius 2 is 1.74 bits per heavy atom. The Labute approximate surface area is 112 Å². The maximum atomic E-state index is 11.6. The fraction of sp³-hybridized carbons (Fsp3) is 0.286. The molecule has 0 atom stereocenters. The van der Waals surface area contributed by atoms with Crippen molar-refractivity contribution in [3.8, 4) is 0 Å². The van der Waals surface area contributed by atoms with Crippen LogP contribution < -0.4 is 16.4 Å². The average molecular weight is 261 g/mol. The molecule has 102 valence electrons. The third-order valence-electron chi connectivity index (χ3n) is 2.23. The summed E-state index contributed by atoms with van der Waals surface area (Å²) in [4.78, 5) is 22.4. The Hall–Kier alpha value is -2.30. The van der Waals surface area contributed by atoms with E-state index < -0.39 is 5.91 Å². The molecule has 0 spiro atoms. The van der Waals surface area contributed by atoms with Gasteiger partial charge in [-0.2, -0.15) is 0 Å². The smallest absolute Gasteiger partial charge is 0.323 e. The van der Waals surface area contributed by atoms with Crippen LogP contribution >= 0.6 is 0 Å². The van der Waals surface area contributed by atoms with E-state index in [1.165, 1.54) is 0 Å². The molecule has 3 amide bonds. The normalized spacial score (nSPS) is 11.3. The van der Waals surface area contributed by atoms with Crippen LogP contribution in [0.2, 0.25) is 0 Å². The van der Waals surface area contributed by atoms with Crippen molar-refractivity contribution in [1.82, 2.24) is 5.32 Å². The molecule has 0 aliphatic heterocycles. The SMILES string of the molecule is CC(C)(C)/C=C/NC(=O)Nc1ccc(C(N)=O)cc1. The zero-order valence-corrected chi connectivity index (χ0v) is 11.4. The van der Waals surface area contributed by atoms with Crippen LogP contribution in [-0.4, -0.2) is 11.9 Å². The summed E-state index contributed by atoms with van der Waals surface area (Å²) in [6.07, 6.45) is 3.50. The monoisotopic (exact) mass is 261 g/mol. The fourth-order valence-electron chi connectivity index (χ4n) is 1.25. The zero-order chi connectivity index (χ0) is 14.5. The minimum atomic E-state index is -0.496. The molecule has 0 aromatic heterocycles. The Kier molecular flexibility index (Phi) is 4.69. The number of allylic oxidation sites excluding steroid dienone is 1. The standard InChI is InChI=1S/C14H19N3O2/c1-14(2,3)8-9-16-13(19)17-11-6-4-10(5-7-11)12(15)18/h4-9H,1-3H3,(H2,15,18)(H2,16,17,19)/b9-8+. The van der Waals surface area contributed by atoms with E-state index in [0.717, 1.165) is 0 Å². The van der Waals surface area contributed by atoms with Crippen molar-refractivity contribution in [1.29, 1.82) is 0 Å². The lowest BCUT2D eigenvalue weighted by atomic mass is 9.97. The van der Waals surface area contributed by atoms with E-state index in [1.807, 2.05) is 26.8 Å². The average Bonchev–Trinajstić information content (AvgIpc) is 2.27. The van der Waals surface area contributed by atoms with Crippen LogP contribution in [0.15, 0.2) is 36.5 Å². The minimum absolute atomic E-state index is 0.0103. The second-order valence-electron chi connectivity index (χ2n) is 5.24. The van der Waals surface area contributed by atoms with Crippen LogP contribution in [0.3, 0.4) is 0 Å². The van der Waals surface area contributed by atoms with Crippen molar-refractivity contribution < 1.29 is 9.59 Å². The molecule has 0 saturated heterocycles. The second-order valence-corrected chi connectivity index (χ2v) is 5.24. The van der Waals surface area contributed by atoms with Crippen molar-refractivity contribution in [2.24, 2.45) is 11.1 Å². The first-order chi connectivity index (χ1) is 8.78. The first-order valence-corrected chi connectivity index (χ1v) is 5.93. The zero-order valence-electron chi connectivity index (χ0n) is 11.4. The molecular formula is C14H19N3O2. The van der Waals surface area contributed by atoms with Crippen molar-refractivity contribution >= 4 is 17.6 Å². The predicted octanol–water partition coefficient (Wildman–Crippen LogP) is 2.47. The van der Waals surface area contributed by atoms with Crippen LogP contribution in [-0.2, 0) is 0 Å². The number of anilines is 1. The van der Waals surface area contributed by atoms with Crippen molar-refractivity contribution in [2.75, 3.05) is 5.32 Å². The quantitative estimate of drug-likeness (QED) is 0.780. The van der Waals surface area contributed by atoms with Crippen molar-refractivity contribution in [3.63, 3.8) is 0 Å². The summed E-state index contributed by atoms with van der Waals surface area (Å²) in [5.41, 5.74) is 6.13. The topological polar surface area (TPSA) is 84.2 Å². The highest BCUT2D eigenvalue weighted by molar-refractivity contribution is 5.94. The first-order valence-electron chi connectivity index (χ1n) is 5.93. The molecule has 0 fully saturated rings. The molecule has 1 aromatic carbocycles. The van der Waals surface area contributed by atoms with Crippen molar-refractivity contribution in [2.45, 2.75) is 20.8 Å². The van der Waals surface area contributed by atoms with Crippen LogP contribution in [0, 0.1) is 5.41 Å². The van der Waals surface area contributed by atoms with Gasteiger partial charge >= 0.3 is 6.03 Å². The van der Waals surface area contributed by atoms with Gasteiger partial charge in [0.05, 0.1) is 0 Å². The lowest BCUT2D eigenvalue weighted by molar-refractivity contribution is 0.100. The molecular weight excluding hydrogens is 242 g/mol. The lowest BCUT2D eigenvalue weighted by Gasteiger charge is -2.11. The Bertz CT molecular complexity index is 484. The molecule has 1 aromatic rings. The lowest BCUT2D eigenvalue weighted by Crippen LogP contribution is -2.24. The largest absolute Gasteiger partial charge is 0.366 e. The number of carbonyl (C=O) groups excluding carboxylic acids is 2. The van der Waals surface area contributed by atoms with Gasteiger partial charge in [0.2, 0.25) is 5.91 Å². The summed E-state index contributed by atoms with van der Waals surface area (Å²) in [7, 11) is 0. The van der Waals surface area contributed by atoms with Gasteiger partial charge in [0.25, 0.3) is 0 Å². The second kappa shape index (κ2) is 6.04. The maximum absolute atomic E-state index is 11.6. The van der Waals surface area contributed by atoms with Gasteiger partial charge in [-0.05, 0) is 29.7 Å². The molecule has 0 saturated carbocycles. The van der Waals surface area contributed by atoms with Gasteiger partial charge in [-0.3, -0.25) is 4.79 Å². The van der Waals surface area contributed by atoms with Gasteiger partial charge in [0.1, 0.15) is 0 Å². The number of carbonyl (C=O) groups is 2. The summed E-state index contributed by atoms with van der Waals surface area (Å²) in [6.45, 7) is 6.10. The predicted molar refractivity (Wildman–Crippen MR) is 75.7 cm³/mol. The number of benzene rings is 1. The number of hydrogen-bond donors (Lipinski definition) is 3. The maximum Gasteiger partial charge on any atom is 0.323 e. The first kappa shape index (κ1) is 14.8. The molecule has 0 aliphatic rings. The molecule has 0 heterocycles. The van der Waals surface area contributed by atoms with Gasteiger partial charge in [-0.1, -0.05) is 26.8 Å². The van der Waals surface area contributed by atoms with E-state index >= 15 is 0 Å². The molecule has 19 heavy (non-hydrogen) atoms. The van der Waals surface area contributed by atoms with Crippen LogP contribution in [0.4, 0.5) is 10.5 Å². The fourth-order valence-corrected chi connectivity index (χ4v) is 1.25. The highest BCUT2D eigenvalue weighted by Crippen LogP contribution is 2.13. The number of primary amides is 1. The third-order valence-corrected chi connectivity index (χ3v) is 2.23. The molecule has 0 radical (unpaired) electrons. The van der Waals surface area contributed by atoms with Crippen molar-refractivity contribution in [3.05, 3.63) is 42.1 Å². The molecule has 4 N–H and O–H groups in total. The third kappa shape index (κ3) is 5.72. The molecule has 0 bridgehead atoms. The number of urea groups is 1. The summed E-state index contributed by atoms with van der Waals surface area (Å²) in [5, 5.41) is 5.24. The van der Waals surface area contributed by atoms with Gasteiger partial charge < -0.3 is 16.4 Å².